The molecular formula is C26H21NO4. The van der Waals surface area contributed by atoms with Gasteiger partial charge in [-0.3, -0.25) is 14.5 Å². The summed E-state index contributed by atoms with van der Waals surface area (Å²) in [4.78, 5) is 28.7. The van der Waals surface area contributed by atoms with Crippen LogP contribution in [0.5, 0.6) is 5.75 Å². The first-order valence-corrected chi connectivity index (χ1v) is 10.1. The van der Waals surface area contributed by atoms with Crippen molar-refractivity contribution in [2.75, 3.05) is 12.0 Å². The lowest BCUT2D eigenvalue weighted by Crippen LogP contribution is -2.29. The van der Waals surface area contributed by atoms with Crippen LogP contribution in [0.25, 0.3) is 11.0 Å². The summed E-state index contributed by atoms with van der Waals surface area (Å²) in [6, 6.07) is 19.7. The minimum Gasteiger partial charge on any atom is -0.497 e. The number of carbonyl (C=O) groups is 1. The van der Waals surface area contributed by atoms with Crippen molar-refractivity contribution in [3.8, 4) is 5.75 Å². The third-order valence-electron chi connectivity index (χ3n) is 5.98. The Morgan fingerprint density at radius 1 is 0.903 bits per heavy atom. The van der Waals surface area contributed by atoms with Gasteiger partial charge in [-0.15, -0.1) is 0 Å². The maximum Gasteiger partial charge on any atom is 0.295 e. The Hall–Kier alpha value is -3.86. The molecule has 4 aromatic rings. The standard InChI is InChI=1S/C26H21NO4/c1-15-8-11-18(14-16(15)2)27-23(17-9-12-19(30-3)13-10-17)22-24(28)20-6-4-5-7-21(20)31-25(22)26(27)29/h4-14,23H,1-3H3. The number of hydrogen-bond donors (Lipinski definition) is 0. The fraction of sp³-hybridized carbons (Fsp3) is 0.154. The van der Waals surface area contributed by atoms with Crippen LogP contribution in [0.15, 0.2) is 75.9 Å². The van der Waals surface area contributed by atoms with E-state index < -0.39 is 6.04 Å². The van der Waals surface area contributed by atoms with Crippen LogP contribution in [0.2, 0.25) is 0 Å². The van der Waals surface area contributed by atoms with Crippen molar-refractivity contribution >= 4 is 22.6 Å². The van der Waals surface area contributed by atoms with Crippen LogP contribution in [-0.4, -0.2) is 13.0 Å². The van der Waals surface area contributed by atoms with Gasteiger partial charge in [-0.05, 0) is 66.9 Å². The van der Waals surface area contributed by atoms with E-state index in [4.69, 9.17) is 9.15 Å². The van der Waals surface area contributed by atoms with Crippen LogP contribution in [-0.2, 0) is 0 Å². The normalized spacial score (nSPS) is 15.4. The van der Waals surface area contributed by atoms with Crippen LogP contribution < -0.4 is 15.1 Å². The zero-order valence-corrected chi connectivity index (χ0v) is 17.5. The predicted molar refractivity (Wildman–Crippen MR) is 120 cm³/mol. The number of nitrogens with zero attached hydrogens (tertiary/aromatic N) is 1. The van der Waals surface area contributed by atoms with Gasteiger partial charge in [0.2, 0.25) is 5.76 Å². The van der Waals surface area contributed by atoms with Crippen LogP contribution in [0.3, 0.4) is 0 Å². The molecule has 1 aliphatic rings. The molecule has 154 valence electrons. The van der Waals surface area contributed by atoms with Gasteiger partial charge in [-0.25, -0.2) is 0 Å². The third kappa shape index (κ3) is 2.93. The Balaban J connectivity index is 1.79. The van der Waals surface area contributed by atoms with Gasteiger partial charge in [0.15, 0.2) is 5.43 Å². The summed E-state index contributed by atoms with van der Waals surface area (Å²) < 4.78 is 11.3. The topological polar surface area (TPSA) is 59.8 Å². The zero-order valence-electron chi connectivity index (χ0n) is 17.5. The number of fused-ring (bicyclic) bond motifs is 2. The molecule has 1 unspecified atom stereocenters. The highest BCUT2D eigenvalue weighted by molar-refractivity contribution is 6.10. The molecule has 1 atom stereocenters. The van der Waals surface area contributed by atoms with Crippen LogP contribution in [0.1, 0.15) is 38.9 Å². The molecule has 3 aromatic carbocycles. The van der Waals surface area contributed by atoms with E-state index in [1.807, 2.05) is 56.3 Å². The number of anilines is 1. The number of rotatable bonds is 3. The van der Waals surface area contributed by atoms with Gasteiger partial charge in [-0.2, -0.15) is 0 Å². The molecule has 0 saturated carbocycles. The molecule has 1 aliphatic heterocycles. The van der Waals surface area contributed by atoms with Gasteiger partial charge in [-0.1, -0.05) is 30.3 Å². The maximum absolute atomic E-state index is 13.6. The third-order valence-corrected chi connectivity index (χ3v) is 5.98. The van der Waals surface area contributed by atoms with Gasteiger partial charge in [0.05, 0.1) is 24.1 Å². The van der Waals surface area contributed by atoms with Gasteiger partial charge in [0, 0.05) is 5.69 Å². The van der Waals surface area contributed by atoms with Crippen molar-refractivity contribution in [2.24, 2.45) is 0 Å². The molecule has 0 saturated heterocycles. The highest BCUT2D eigenvalue weighted by Gasteiger charge is 2.43. The average molecular weight is 411 g/mol. The Labute approximate surface area is 179 Å². The lowest BCUT2D eigenvalue weighted by atomic mass is 9.98. The van der Waals surface area contributed by atoms with E-state index in [1.54, 1.807) is 36.3 Å². The maximum atomic E-state index is 13.6. The molecule has 0 radical (unpaired) electrons. The van der Waals surface area contributed by atoms with Crippen molar-refractivity contribution < 1.29 is 13.9 Å². The summed E-state index contributed by atoms with van der Waals surface area (Å²) in [6.45, 7) is 4.03. The summed E-state index contributed by atoms with van der Waals surface area (Å²) in [7, 11) is 1.60. The molecule has 1 amide bonds. The van der Waals surface area contributed by atoms with E-state index in [0.717, 1.165) is 22.4 Å². The molecule has 0 bridgehead atoms. The first-order valence-electron chi connectivity index (χ1n) is 10.1. The highest BCUT2D eigenvalue weighted by Crippen LogP contribution is 2.41. The number of amides is 1. The van der Waals surface area contributed by atoms with Gasteiger partial charge >= 0.3 is 0 Å². The number of methoxy groups -OCH3 is 1. The van der Waals surface area contributed by atoms with Gasteiger partial charge in [0.1, 0.15) is 11.3 Å². The molecule has 0 N–H and O–H groups in total. The zero-order chi connectivity index (χ0) is 21.7. The first kappa shape index (κ1) is 19.1. The first-order chi connectivity index (χ1) is 15.0. The lowest BCUT2D eigenvalue weighted by Gasteiger charge is -2.26. The van der Waals surface area contributed by atoms with E-state index in [2.05, 4.69) is 0 Å². The number of ether oxygens (including phenoxy) is 1. The Morgan fingerprint density at radius 2 is 1.65 bits per heavy atom. The summed E-state index contributed by atoms with van der Waals surface area (Å²) in [6.07, 6.45) is 0. The molecular weight excluding hydrogens is 390 g/mol. The highest BCUT2D eigenvalue weighted by atomic mass is 16.5. The molecule has 31 heavy (non-hydrogen) atoms. The second kappa shape index (κ2) is 7.13. The fourth-order valence-electron chi connectivity index (χ4n) is 4.16. The number of aryl methyl sites for hydroxylation is 2. The molecule has 0 spiro atoms. The van der Waals surface area contributed by atoms with Crippen molar-refractivity contribution in [3.05, 3.63) is 105 Å². The summed E-state index contributed by atoms with van der Waals surface area (Å²) >= 11 is 0. The van der Waals surface area contributed by atoms with Crippen molar-refractivity contribution in [1.82, 2.24) is 0 Å². The molecule has 0 aliphatic carbocycles. The largest absolute Gasteiger partial charge is 0.497 e. The smallest absolute Gasteiger partial charge is 0.295 e. The molecule has 5 heteroatoms. The molecule has 1 aromatic heterocycles. The lowest BCUT2D eigenvalue weighted by molar-refractivity contribution is 0.0971. The van der Waals surface area contributed by atoms with Crippen LogP contribution in [0.4, 0.5) is 5.69 Å². The summed E-state index contributed by atoms with van der Waals surface area (Å²) in [5.41, 5.74) is 4.34. The summed E-state index contributed by atoms with van der Waals surface area (Å²) in [5.74, 6) is 0.487. The van der Waals surface area contributed by atoms with Crippen molar-refractivity contribution in [1.29, 1.82) is 0 Å². The fourth-order valence-corrected chi connectivity index (χ4v) is 4.16. The predicted octanol–water partition coefficient (Wildman–Crippen LogP) is 5.17. The number of benzene rings is 3. The number of hydrogen-bond acceptors (Lipinski definition) is 4. The molecule has 5 rings (SSSR count). The van der Waals surface area contributed by atoms with Crippen molar-refractivity contribution in [3.63, 3.8) is 0 Å². The average Bonchev–Trinajstić information content (AvgIpc) is 3.08. The van der Waals surface area contributed by atoms with E-state index in [1.165, 1.54) is 0 Å². The second-order valence-electron chi connectivity index (χ2n) is 7.79. The van der Waals surface area contributed by atoms with Gasteiger partial charge in [0.25, 0.3) is 5.91 Å². The van der Waals surface area contributed by atoms with E-state index in [0.29, 0.717) is 22.3 Å². The second-order valence-corrected chi connectivity index (χ2v) is 7.79. The molecule has 5 nitrogen and oxygen atoms in total. The monoisotopic (exact) mass is 411 g/mol. The SMILES string of the molecule is COc1ccc(C2c3c(oc4ccccc4c3=O)C(=O)N2c2ccc(C)c(C)c2)cc1. The van der Waals surface area contributed by atoms with E-state index >= 15 is 0 Å². The van der Waals surface area contributed by atoms with Crippen molar-refractivity contribution in [2.45, 2.75) is 19.9 Å². The number of para-hydroxylation sites is 1. The minimum atomic E-state index is -0.587. The quantitative estimate of drug-likeness (QED) is 0.467. The Kier molecular flexibility index (Phi) is 4.40. The Morgan fingerprint density at radius 3 is 2.35 bits per heavy atom. The van der Waals surface area contributed by atoms with E-state index in [-0.39, 0.29) is 17.1 Å². The molecule has 0 fully saturated rings. The minimum absolute atomic E-state index is 0.0998. The Bertz CT molecular complexity index is 1390. The summed E-state index contributed by atoms with van der Waals surface area (Å²) in [5, 5.41) is 0.467. The van der Waals surface area contributed by atoms with E-state index in [9.17, 15) is 9.59 Å². The number of carbonyl (C=O) groups excluding carboxylic acids is 1. The van der Waals surface area contributed by atoms with Crippen LogP contribution >= 0.6 is 0 Å². The molecule has 2 heterocycles. The van der Waals surface area contributed by atoms with Gasteiger partial charge < -0.3 is 9.15 Å². The van der Waals surface area contributed by atoms with Crippen LogP contribution in [0, 0.1) is 13.8 Å².